The van der Waals surface area contributed by atoms with Crippen molar-refractivity contribution in [2.45, 2.75) is 24.7 Å². The van der Waals surface area contributed by atoms with Gasteiger partial charge in [-0.15, -0.1) is 0 Å². The summed E-state index contributed by atoms with van der Waals surface area (Å²) in [6.07, 6.45) is 1.14. The van der Waals surface area contributed by atoms with E-state index in [2.05, 4.69) is 0 Å². The van der Waals surface area contributed by atoms with Crippen LogP contribution in [0.3, 0.4) is 0 Å². The maximum absolute atomic E-state index is 12.2. The molecule has 0 fully saturated rings. The second kappa shape index (κ2) is 6.54. The molecule has 0 aliphatic carbocycles. The zero-order chi connectivity index (χ0) is 17.2. The lowest BCUT2D eigenvalue weighted by molar-refractivity contribution is 0.0599. The third kappa shape index (κ3) is 3.62. The summed E-state index contributed by atoms with van der Waals surface area (Å²) >= 11 is 0. The van der Waals surface area contributed by atoms with Gasteiger partial charge in [0.2, 0.25) is 0 Å². The minimum Gasteiger partial charge on any atom is -0.465 e. The van der Waals surface area contributed by atoms with Crippen LogP contribution in [-0.4, -0.2) is 27.8 Å². The monoisotopic (exact) mass is 332 g/mol. The molecule has 2 aromatic rings. The number of ether oxygens (including phenoxy) is 1. The quantitative estimate of drug-likeness (QED) is 0.802. The summed E-state index contributed by atoms with van der Waals surface area (Å²) < 4.78 is 29.2. The molecule has 0 N–H and O–H groups in total. The summed E-state index contributed by atoms with van der Waals surface area (Å²) in [6.45, 7) is 3.91. The molecule has 0 spiro atoms. The summed E-state index contributed by atoms with van der Waals surface area (Å²) in [5, 5.41) is 0. The topological polar surface area (TPSA) is 60.4 Å². The average Bonchev–Trinajstić information content (AvgIpc) is 2.52. The Morgan fingerprint density at radius 2 is 1.70 bits per heavy atom. The number of sulfone groups is 1. The van der Waals surface area contributed by atoms with Crippen LogP contribution in [-0.2, 0) is 14.6 Å². The third-order valence-corrected chi connectivity index (χ3v) is 4.80. The fraction of sp³-hybridized carbons (Fsp3) is 0.278. The Kier molecular flexibility index (Phi) is 4.90. The highest BCUT2D eigenvalue weighted by atomic mass is 32.2. The van der Waals surface area contributed by atoms with E-state index in [1.54, 1.807) is 6.07 Å². The fourth-order valence-electron chi connectivity index (χ4n) is 2.51. The number of carbonyl (C=O) groups is 1. The van der Waals surface area contributed by atoms with E-state index in [9.17, 15) is 13.2 Å². The second-order valence-corrected chi connectivity index (χ2v) is 7.70. The van der Waals surface area contributed by atoms with Crippen molar-refractivity contribution in [3.05, 3.63) is 53.6 Å². The molecule has 0 aliphatic rings. The molecule has 0 atom stereocenters. The standard InChI is InChI=1S/C18H20O4S/c1-12(2)14-10-15(13-8-6-5-7-9-13)17(23(4,20)21)11-16(14)18(19)22-3/h5-12H,1-4H3. The molecule has 0 radical (unpaired) electrons. The fourth-order valence-corrected chi connectivity index (χ4v) is 3.42. The van der Waals surface area contributed by atoms with Gasteiger partial charge >= 0.3 is 5.97 Å². The van der Waals surface area contributed by atoms with E-state index in [4.69, 9.17) is 4.74 Å². The van der Waals surface area contributed by atoms with Crippen LogP contribution < -0.4 is 0 Å². The summed E-state index contributed by atoms with van der Waals surface area (Å²) in [5.74, 6) is -0.474. The Morgan fingerprint density at radius 3 is 2.17 bits per heavy atom. The Hall–Kier alpha value is -2.14. The number of carbonyl (C=O) groups excluding carboxylic acids is 1. The van der Waals surface area contributed by atoms with Gasteiger partial charge in [0.25, 0.3) is 0 Å². The Labute approximate surface area is 137 Å². The van der Waals surface area contributed by atoms with Crippen LogP contribution in [0.15, 0.2) is 47.4 Å². The zero-order valence-electron chi connectivity index (χ0n) is 13.7. The molecular formula is C18H20O4S. The summed E-state index contributed by atoms with van der Waals surface area (Å²) in [7, 11) is -2.21. The van der Waals surface area contributed by atoms with Gasteiger partial charge in [-0.3, -0.25) is 0 Å². The number of rotatable bonds is 4. The molecule has 0 saturated heterocycles. The molecule has 2 rings (SSSR count). The molecule has 4 nitrogen and oxygen atoms in total. The largest absolute Gasteiger partial charge is 0.465 e. The molecule has 2 aromatic carbocycles. The second-order valence-electron chi connectivity index (χ2n) is 5.72. The Balaban J connectivity index is 2.85. The summed E-state index contributed by atoms with van der Waals surface area (Å²) in [6, 6.07) is 12.5. The Morgan fingerprint density at radius 1 is 1.09 bits per heavy atom. The lowest BCUT2D eigenvalue weighted by Gasteiger charge is -2.17. The highest BCUT2D eigenvalue weighted by molar-refractivity contribution is 7.90. The van der Waals surface area contributed by atoms with Crippen LogP contribution in [0.4, 0.5) is 0 Å². The van der Waals surface area contributed by atoms with E-state index in [0.29, 0.717) is 11.1 Å². The molecule has 0 bridgehead atoms. The zero-order valence-corrected chi connectivity index (χ0v) is 14.5. The molecular weight excluding hydrogens is 312 g/mol. The van der Waals surface area contributed by atoms with E-state index in [1.807, 2.05) is 44.2 Å². The number of hydrogen-bond acceptors (Lipinski definition) is 4. The molecule has 0 aromatic heterocycles. The smallest absolute Gasteiger partial charge is 0.338 e. The van der Waals surface area contributed by atoms with Crippen molar-refractivity contribution in [2.75, 3.05) is 13.4 Å². The van der Waals surface area contributed by atoms with Crippen molar-refractivity contribution in [3.63, 3.8) is 0 Å². The van der Waals surface area contributed by atoms with Crippen LogP contribution in [0.5, 0.6) is 0 Å². The van der Waals surface area contributed by atoms with Crippen molar-refractivity contribution < 1.29 is 17.9 Å². The first-order valence-corrected chi connectivity index (χ1v) is 9.16. The molecule has 0 aliphatic heterocycles. The van der Waals surface area contributed by atoms with Gasteiger partial charge in [0, 0.05) is 11.8 Å². The summed E-state index contributed by atoms with van der Waals surface area (Å²) in [4.78, 5) is 12.2. The molecule has 122 valence electrons. The van der Waals surface area contributed by atoms with Gasteiger partial charge in [0.1, 0.15) is 0 Å². The van der Waals surface area contributed by atoms with Crippen LogP contribution in [0.2, 0.25) is 0 Å². The van der Waals surface area contributed by atoms with Gasteiger partial charge in [-0.05, 0) is 29.2 Å². The minimum atomic E-state index is -3.50. The van der Waals surface area contributed by atoms with Crippen molar-refractivity contribution in [3.8, 4) is 11.1 Å². The van der Waals surface area contributed by atoms with Crippen molar-refractivity contribution in [1.29, 1.82) is 0 Å². The van der Waals surface area contributed by atoms with E-state index in [1.165, 1.54) is 13.2 Å². The van der Waals surface area contributed by atoms with Crippen molar-refractivity contribution in [2.24, 2.45) is 0 Å². The molecule has 0 unspecified atom stereocenters. The normalized spacial score (nSPS) is 11.5. The lowest BCUT2D eigenvalue weighted by Crippen LogP contribution is -2.11. The van der Waals surface area contributed by atoms with Crippen molar-refractivity contribution >= 4 is 15.8 Å². The van der Waals surface area contributed by atoms with Crippen molar-refractivity contribution in [1.82, 2.24) is 0 Å². The average molecular weight is 332 g/mol. The Bertz CT molecular complexity index is 822. The van der Waals surface area contributed by atoms with Crippen LogP contribution >= 0.6 is 0 Å². The first-order chi connectivity index (χ1) is 10.8. The van der Waals surface area contributed by atoms with E-state index < -0.39 is 15.8 Å². The first kappa shape index (κ1) is 17.2. The number of hydrogen-bond donors (Lipinski definition) is 0. The SMILES string of the molecule is COC(=O)c1cc(S(C)(=O)=O)c(-c2ccccc2)cc1C(C)C. The molecule has 0 saturated carbocycles. The van der Waals surface area contributed by atoms with E-state index in [-0.39, 0.29) is 10.8 Å². The van der Waals surface area contributed by atoms with Crippen LogP contribution in [0, 0.1) is 0 Å². The number of methoxy groups -OCH3 is 1. The highest BCUT2D eigenvalue weighted by Gasteiger charge is 2.23. The summed E-state index contributed by atoms with van der Waals surface area (Å²) in [5.41, 5.74) is 2.46. The first-order valence-electron chi connectivity index (χ1n) is 7.27. The molecule has 5 heteroatoms. The predicted octanol–water partition coefficient (Wildman–Crippen LogP) is 3.67. The van der Waals surface area contributed by atoms with Crippen LogP contribution in [0.25, 0.3) is 11.1 Å². The van der Waals surface area contributed by atoms with Gasteiger partial charge < -0.3 is 4.74 Å². The molecule has 0 amide bonds. The number of benzene rings is 2. The van der Waals surface area contributed by atoms with Gasteiger partial charge in [0.15, 0.2) is 9.84 Å². The predicted molar refractivity (Wildman–Crippen MR) is 90.4 cm³/mol. The lowest BCUT2D eigenvalue weighted by atomic mass is 9.92. The maximum Gasteiger partial charge on any atom is 0.338 e. The number of esters is 1. The van der Waals surface area contributed by atoms with Crippen LogP contribution in [0.1, 0.15) is 35.7 Å². The van der Waals surface area contributed by atoms with Gasteiger partial charge in [-0.2, -0.15) is 0 Å². The molecule has 0 heterocycles. The van der Waals surface area contributed by atoms with E-state index in [0.717, 1.165) is 17.4 Å². The minimum absolute atomic E-state index is 0.0557. The van der Waals surface area contributed by atoms with Gasteiger partial charge in [0.05, 0.1) is 17.6 Å². The highest BCUT2D eigenvalue weighted by Crippen LogP contribution is 2.33. The van der Waals surface area contributed by atoms with Gasteiger partial charge in [-0.25, -0.2) is 13.2 Å². The third-order valence-electron chi connectivity index (χ3n) is 3.66. The van der Waals surface area contributed by atoms with E-state index >= 15 is 0 Å². The maximum atomic E-state index is 12.2. The van der Waals surface area contributed by atoms with Gasteiger partial charge in [-0.1, -0.05) is 44.2 Å². The molecule has 23 heavy (non-hydrogen) atoms.